The highest BCUT2D eigenvalue weighted by molar-refractivity contribution is 7.14. The maximum absolute atomic E-state index is 13.0. The highest BCUT2D eigenvalue weighted by Crippen LogP contribution is 2.25. The van der Waals surface area contributed by atoms with Gasteiger partial charge in [0, 0.05) is 31.0 Å². The highest BCUT2D eigenvalue weighted by Gasteiger charge is 2.11. The number of aromatic nitrogens is 1. The van der Waals surface area contributed by atoms with Gasteiger partial charge in [0.2, 0.25) is 11.8 Å². The number of nitrogens with two attached hydrogens (primary N) is 1. The molecule has 3 rings (SSSR count). The molecular formula is C21H24FN5O2S. The van der Waals surface area contributed by atoms with Crippen LogP contribution in [0, 0.1) is 5.82 Å². The first-order valence-electron chi connectivity index (χ1n) is 9.81. The fourth-order valence-electron chi connectivity index (χ4n) is 2.97. The Bertz CT molecular complexity index is 970. The number of allylic oxidation sites excluding steroid dienone is 1. The number of carbonyl (C=O) groups excluding carboxylic acids is 2. The topological polar surface area (TPSA) is 109 Å². The van der Waals surface area contributed by atoms with Crippen LogP contribution in [0.4, 0.5) is 20.9 Å². The molecule has 0 saturated carbocycles. The summed E-state index contributed by atoms with van der Waals surface area (Å²) in [6.07, 6.45) is 7.35. The number of unbranched alkanes of at least 4 members (excludes halogenated alkanes) is 2. The minimum atomic E-state index is -0.446. The van der Waals surface area contributed by atoms with E-state index in [0.717, 1.165) is 30.7 Å². The summed E-state index contributed by atoms with van der Waals surface area (Å²) in [6, 6.07) is 3.85. The van der Waals surface area contributed by atoms with Gasteiger partial charge in [-0.15, -0.1) is 11.3 Å². The predicted octanol–water partition coefficient (Wildman–Crippen LogP) is 4.25. The average molecular weight is 430 g/mol. The summed E-state index contributed by atoms with van der Waals surface area (Å²) in [7, 11) is 0. The zero-order chi connectivity index (χ0) is 21.3. The molecule has 2 heterocycles. The molecule has 0 unspecified atom stereocenters. The van der Waals surface area contributed by atoms with Gasteiger partial charge in [0.15, 0.2) is 5.13 Å². The second-order valence-corrected chi connectivity index (χ2v) is 7.78. The molecule has 1 aromatic carbocycles. The third-order valence-electron chi connectivity index (χ3n) is 4.57. The van der Waals surface area contributed by atoms with E-state index in [9.17, 15) is 14.0 Å². The quantitative estimate of drug-likeness (QED) is 0.409. The van der Waals surface area contributed by atoms with E-state index in [1.807, 2.05) is 11.5 Å². The second-order valence-electron chi connectivity index (χ2n) is 6.92. The molecule has 1 aromatic heterocycles. The van der Waals surface area contributed by atoms with Gasteiger partial charge in [-0.2, -0.15) is 0 Å². The summed E-state index contributed by atoms with van der Waals surface area (Å²) in [5.74, 6) is -0.716. The lowest BCUT2D eigenvalue weighted by Crippen LogP contribution is -2.13. The largest absolute Gasteiger partial charge is 0.397 e. The fourth-order valence-corrected chi connectivity index (χ4v) is 3.72. The average Bonchev–Trinajstić information content (AvgIpc) is 3.19. The Hall–Kier alpha value is -3.07. The maximum atomic E-state index is 13.0. The molecule has 0 radical (unpaired) electrons. The van der Waals surface area contributed by atoms with Gasteiger partial charge in [0.1, 0.15) is 5.82 Å². The number of nitrogens with one attached hydrogen (secondary N) is 2. The number of anilines is 3. The van der Waals surface area contributed by atoms with Crippen molar-refractivity contribution < 1.29 is 14.0 Å². The molecule has 0 aliphatic carbocycles. The van der Waals surface area contributed by atoms with E-state index in [-0.39, 0.29) is 17.5 Å². The van der Waals surface area contributed by atoms with Gasteiger partial charge in [0.05, 0.1) is 17.1 Å². The first kappa shape index (κ1) is 21.6. The summed E-state index contributed by atoms with van der Waals surface area (Å²) in [5, 5.41) is 8.03. The molecule has 9 heteroatoms. The Balaban J connectivity index is 1.32. The van der Waals surface area contributed by atoms with E-state index in [2.05, 4.69) is 20.6 Å². The number of dihydropyridines is 1. The SMILES string of the molecule is Nc1cc(F)ccc1NC(=O)CCCCCC(=O)Nc1nc(C2=CC=NCC2)cs1. The standard InChI is InChI=1S/C21H24FN5O2S/c22-15-6-7-17(16(23)12-15)25-19(28)4-2-1-3-5-20(29)27-21-26-18(13-30-21)14-8-10-24-11-9-14/h6-8,10,12-13H,1-5,9,11,23H2,(H,25,28)(H,26,27,29). The molecule has 0 fully saturated rings. The van der Waals surface area contributed by atoms with E-state index < -0.39 is 5.82 Å². The van der Waals surface area contributed by atoms with Gasteiger partial charge in [-0.05, 0) is 49.1 Å². The van der Waals surface area contributed by atoms with Crippen LogP contribution in [0.5, 0.6) is 0 Å². The van der Waals surface area contributed by atoms with E-state index >= 15 is 0 Å². The number of amides is 2. The monoisotopic (exact) mass is 429 g/mol. The molecular weight excluding hydrogens is 405 g/mol. The van der Waals surface area contributed by atoms with E-state index in [0.29, 0.717) is 36.5 Å². The molecule has 158 valence electrons. The van der Waals surface area contributed by atoms with Gasteiger partial charge in [-0.3, -0.25) is 14.6 Å². The number of aliphatic imine (C=N–C) groups is 1. The smallest absolute Gasteiger partial charge is 0.226 e. The van der Waals surface area contributed by atoms with Crippen molar-refractivity contribution >= 4 is 51.4 Å². The Labute approximate surface area is 178 Å². The molecule has 0 spiro atoms. The highest BCUT2D eigenvalue weighted by atomic mass is 32.1. The predicted molar refractivity (Wildman–Crippen MR) is 119 cm³/mol. The number of rotatable bonds is 9. The maximum Gasteiger partial charge on any atom is 0.226 e. The molecule has 0 bridgehead atoms. The van der Waals surface area contributed by atoms with E-state index in [1.165, 1.54) is 29.5 Å². The Morgan fingerprint density at radius 2 is 1.90 bits per heavy atom. The van der Waals surface area contributed by atoms with Crippen molar-refractivity contribution in [1.29, 1.82) is 0 Å². The molecule has 0 atom stereocenters. The first-order valence-corrected chi connectivity index (χ1v) is 10.7. The van der Waals surface area contributed by atoms with Gasteiger partial charge in [-0.1, -0.05) is 6.42 Å². The number of nitrogen functional groups attached to an aromatic ring is 1. The number of hydrogen-bond acceptors (Lipinski definition) is 6. The van der Waals surface area contributed by atoms with Gasteiger partial charge in [0.25, 0.3) is 0 Å². The van der Waals surface area contributed by atoms with Crippen molar-refractivity contribution in [3.8, 4) is 0 Å². The lowest BCUT2D eigenvalue weighted by molar-refractivity contribution is -0.116. The Kier molecular flexibility index (Phi) is 7.67. The van der Waals surface area contributed by atoms with Crippen LogP contribution < -0.4 is 16.4 Å². The molecule has 0 saturated heterocycles. The third-order valence-corrected chi connectivity index (χ3v) is 5.32. The van der Waals surface area contributed by atoms with Crippen LogP contribution in [0.1, 0.15) is 44.2 Å². The van der Waals surface area contributed by atoms with Crippen LogP contribution in [0.2, 0.25) is 0 Å². The minimum absolute atomic E-state index is 0.0846. The van der Waals surface area contributed by atoms with Crippen molar-refractivity contribution in [2.75, 3.05) is 22.9 Å². The van der Waals surface area contributed by atoms with Crippen LogP contribution in [0.15, 0.2) is 34.6 Å². The lowest BCUT2D eigenvalue weighted by Gasteiger charge is -2.08. The number of benzene rings is 1. The number of hydrogen-bond donors (Lipinski definition) is 3. The van der Waals surface area contributed by atoms with E-state index in [4.69, 9.17) is 5.73 Å². The summed E-state index contributed by atoms with van der Waals surface area (Å²) < 4.78 is 13.0. The van der Waals surface area contributed by atoms with Crippen LogP contribution >= 0.6 is 11.3 Å². The van der Waals surface area contributed by atoms with Gasteiger partial charge in [-0.25, -0.2) is 9.37 Å². The first-order chi connectivity index (χ1) is 14.5. The Morgan fingerprint density at radius 3 is 2.60 bits per heavy atom. The van der Waals surface area contributed by atoms with Crippen LogP contribution in [0.3, 0.4) is 0 Å². The van der Waals surface area contributed by atoms with Gasteiger partial charge < -0.3 is 16.4 Å². The third kappa shape index (κ3) is 6.48. The van der Waals surface area contributed by atoms with E-state index in [1.54, 1.807) is 6.21 Å². The second kappa shape index (κ2) is 10.6. The fraction of sp³-hybridized carbons (Fsp3) is 0.333. The molecule has 2 amide bonds. The minimum Gasteiger partial charge on any atom is -0.397 e. The number of thiazole rings is 1. The Morgan fingerprint density at radius 1 is 1.13 bits per heavy atom. The van der Waals surface area contributed by atoms with Crippen LogP contribution in [0.25, 0.3) is 5.57 Å². The van der Waals surface area contributed by atoms with Crippen molar-refractivity contribution in [3.63, 3.8) is 0 Å². The summed E-state index contributed by atoms with van der Waals surface area (Å²) in [4.78, 5) is 32.7. The molecule has 2 aromatic rings. The molecule has 7 nitrogen and oxygen atoms in total. The molecule has 4 N–H and O–H groups in total. The summed E-state index contributed by atoms with van der Waals surface area (Å²) >= 11 is 1.41. The van der Waals surface area contributed by atoms with Gasteiger partial charge >= 0.3 is 0 Å². The molecule has 30 heavy (non-hydrogen) atoms. The molecule has 1 aliphatic rings. The van der Waals surface area contributed by atoms with Crippen molar-refractivity contribution in [3.05, 3.63) is 41.2 Å². The molecule has 1 aliphatic heterocycles. The summed E-state index contributed by atoms with van der Waals surface area (Å²) in [6.45, 7) is 0.764. The summed E-state index contributed by atoms with van der Waals surface area (Å²) in [5.41, 5.74) is 8.28. The number of nitrogens with zero attached hydrogens (tertiary/aromatic N) is 2. The van der Waals surface area contributed by atoms with Crippen molar-refractivity contribution in [2.45, 2.75) is 38.5 Å². The van der Waals surface area contributed by atoms with Crippen LogP contribution in [-0.4, -0.2) is 29.6 Å². The van der Waals surface area contributed by atoms with Crippen molar-refractivity contribution in [1.82, 2.24) is 4.98 Å². The number of carbonyl (C=O) groups is 2. The van der Waals surface area contributed by atoms with Crippen LogP contribution in [-0.2, 0) is 9.59 Å². The normalized spacial score (nSPS) is 13.0. The number of halogens is 1. The zero-order valence-corrected chi connectivity index (χ0v) is 17.3. The zero-order valence-electron chi connectivity index (χ0n) is 16.5. The lowest BCUT2D eigenvalue weighted by atomic mass is 10.1. The van der Waals surface area contributed by atoms with Crippen molar-refractivity contribution in [2.24, 2.45) is 4.99 Å².